The van der Waals surface area contributed by atoms with Crippen molar-refractivity contribution in [2.24, 2.45) is 0 Å². The summed E-state index contributed by atoms with van der Waals surface area (Å²) in [6.45, 7) is 6.77. The Morgan fingerprint density at radius 1 is 1.19 bits per heavy atom. The summed E-state index contributed by atoms with van der Waals surface area (Å²) in [5, 5.41) is 8.90. The predicted molar refractivity (Wildman–Crippen MR) is 82.5 cm³/mol. The van der Waals surface area contributed by atoms with E-state index in [2.05, 4.69) is 15.1 Å². The highest BCUT2D eigenvalue weighted by molar-refractivity contribution is 7.99. The quantitative estimate of drug-likeness (QED) is 0.791. The van der Waals surface area contributed by atoms with Gasteiger partial charge in [-0.15, -0.1) is 10.2 Å². The van der Waals surface area contributed by atoms with Gasteiger partial charge < -0.3 is 9.15 Å². The van der Waals surface area contributed by atoms with Gasteiger partial charge in [0, 0.05) is 31.0 Å². The maximum absolute atomic E-state index is 5.74. The minimum absolute atomic E-state index is 0.599. The van der Waals surface area contributed by atoms with E-state index in [-0.39, 0.29) is 0 Å². The molecule has 3 rings (SSSR count). The highest BCUT2D eigenvalue weighted by atomic mass is 32.2. The van der Waals surface area contributed by atoms with Gasteiger partial charge in [-0.25, -0.2) is 0 Å². The van der Waals surface area contributed by atoms with Crippen LogP contribution in [0, 0.1) is 6.92 Å². The van der Waals surface area contributed by atoms with Crippen LogP contribution < -0.4 is 0 Å². The van der Waals surface area contributed by atoms with Crippen LogP contribution in [-0.2, 0) is 4.74 Å². The molecule has 0 amide bonds. The predicted octanol–water partition coefficient (Wildman–Crippen LogP) is 2.47. The van der Waals surface area contributed by atoms with Crippen LogP contribution in [0.15, 0.2) is 33.9 Å². The van der Waals surface area contributed by atoms with E-state index in [4.69, 9.17) is 9.15 Å². The Morgan fingerprint density at radius 2 is 2.00 bits per heavy atom. The molecule has 2 aromatic rings. The minimum Gasteiger partial charge on any atom is -0.411 e. The Balaban J connectivity index is 1.54. The molecule has 0 saturated carbocycles. The number of thioether (sulfide) groups is 1. The SMILES string of the molecule is Cc1ccccc1-c1nnc(SCCN2CCOCC2)o1. The first-order valence-corrected chi connectivity index (χ1v) is 8.14. The molecule has 0 aliphatic carbocycles. The van der Waals surface area contributed by atoms with Crippen molar-refractivity contribution in [1.29, 1.82) is 0 Å². The Bertz CT molecular complexity index is 582. The van der Waals surface area contributed by atoms with Crippen molar-refractivity contribution < 1.29 is 9.15 Å². The van der Waals surface area contributed by atoms with Gasteiger partial charge in [0.15, 0.2) is 0 Å². The monoisotopic (exact) mass is 305 g/mol. The fourth-order valence-electron chi connectivity index (χ4n) is 2.28. The van der Waals surface area contributed by atoms with E-state index in [9.17, 15) is 0 Å². The normalized spacial score (nSPS) is 16.2. The molecular weight excluding hydrogens is 286 g/mol. The third-order valence-electron chi connectivity index (χ3n) is 3.52. The summed E-state index contributed by atoms with van der Waals surface area (Å²) >= 11 is 1.61. The Morgan fingerprint density at radius 3 is 2.81 bits per heavy atom. The molecule has 5 nitrogen and oxygen atoms in total. The van der Waals surface area contributed by atoms with Crippen LogP contribution in [0.5, 0.6) is 0 Å². The van der Waals surface area contributed by atoms with Gasteiger partial charge in [-0.2, -0.15) is 0 Å². The van der Waals surface area contributed by atoms with Crippen molar-refractivity contribution in [2.45, 2.75) is 12.1 Å². The average molecular weight is 305 g/mol. The van der Waals surface area contributed by atoms with Gasteiger partial charge in [-0.1, -0.05) is 30.0 Å². The molecular formula is C15H19N3O2S. The minimum atomic E-state index is 0.599. The molecule has 0 unspecified atom stereocenters. The van der Waals surface area contributed by atoms with Crippen LogP contribution in [0.4, 0.5) is 0 Å². The molecule has 1 fully saturated rings. The average Bonchev–Trinajstić information content (AvgIpc) is 2.97. The Labute approximate surface area is 128 Å². The smallest absolute Gasteiger partial charge is 0.276 e. The van der Waals surface area contributed by atoms with Gasteiger partial charge in [0.1, 0.15) is 0 Å². The molecule has 0 spiro atoms. The first-order valence-electron chi connectivity index (χ1n) is 7.15. The zero-order valence-corrected chi connectivity index (χ0v) is 12.9. The molecule has 0 atom stereocenters. The van der Waals surface area contributed by atoms with Gasteiger partial charge in [-0.3, -0.25) is 4.90 Å². The number of benzene rings is 1. The van der Waals surface area contributed by atoms with Gasteiger partial charge in [0.2, 0.25) is 5.89 Å². The Kier molecular flexibility index (Phi) is 4.90. The number of aryl methyl sites for hydroxylation is 1. The second kappa shape index (κ2) is 7.06. The van der Waals surface area contributed by atoms with Gasteiger partial charge in [0.25, 0.3) is 5.22 Å². The number of rotatable bonds is 5. The summed E-state index contributed by atoms with van der Waals surface area (Å²) in [6, 6.07) is 8.04. The van der Waals surface area contributed by atoms with E-state index < -0.39 is 0 Å². The van der Waals surface area contributed by atoms with Crippen LogP contribution in [0.2, 0.25) is 0 Å². The standard InChI is InChI=1S/C15H19N3O2S/c1-12-4-2-3-5-13(12)14-16-17-15(20-14)21-11-8-18-6-9-19-10-7-18/h2-5H,6-11H2,1H3. The number of nitrogens with zero attached hydrogens (tertiary/aromatic N) is 3. The lowest BCUT2D eigenvalue weighted by Gasteiger charge is -2.25. The molecule has 0 radical (unpaired) electrons. The second-order valence-electron chi connectivity index (χ2n) is 4.99. The molecule has 1 aliphatic rings. The van der Waals surface area contributed by atoms with Crippen molar-refractivity contribution in [1.82, 2.24) is 15.1 Å². The van der Waals surface area contributed by atoms with Crippen molar-refractivity contribution >= 4 is 11.8 Å². The number of morpholine rings is 1. The maximum Gasteiger partial charge on any atom is 0.276 e. The molecule has 0 bridgehead atoms. The van der Waals surface area contributed by atoms with Crippen molar-refractivity contribution in [3.05, 3.63) is 29.8 Å². The first-order chi connectivity index (χ1) is 10.3. The van der Waals surface area contributed by atoms with E-state index >= 15 is 0 Å². The lowest BCUT2D eigenvalue weighted by Crippen LogP contribution is -2.37. The van der Waals surface area contributed by atoms with Crippen molar-refractivity contribution in [3.8, 4) is 11.5 Å². The molecule has 1 aromatic carbocycles. The summed E-state index contributed by atoms with van der Waals surface area (Å²) in [6.07, 6.45) is 0. The fourth-order valence-corrected chi connectivity index (χ4v) is 3.04. The largest absolute Gasteiger partial charge is 0.411 e. The zero-order chi connectivity index (χ0) is 14.5. The number of hydrogen-bond acceptors (Lipinski definition) is 6. The lowest BCUT2D eigenvalue weighted by molar-refractivity contribution is 0.0410. The van der Waals surface area contributed by atoms with Crippen molar-refractivity contribution in [3.63, 3.8) is 0 Å². The molecule has 2 heterocycles. The van der Waals surface area contributed by atoms with Crippen LogP contribution in [-0.4, -0.2) is 53.7 Å². The van der Waals surface area contributed by atoms with E-state index in [1.54, 1.807) is 11.8 Å². The first kappa shape index (κ1) is 14.6. The fraction of sp³-hybridized carbons (Fsp3) is 0.467. The van der Waals surface area contributed by atoms with Crippen LogP contribution in [0.1, 0.15) is 5.56 Å². The van der Waals surface area contributed by atoms with Gasteiger partial charge in [-0.05, 0) is 18.6 Å². The third-order valence-corrected chi connectivity index (χ3v) is 4.32. The Hall–Kier alpha value is -1.37. The van der Waals surface area contributed by atoms with E-state index in [1.807, 2.05) is 31.2 Å². The zero-order valence-electron chi connectivity index (χ0n) is 12.1. The van der Waals surface area contributed by atoms with Crippen LogP contribution >= 0.6 is 11.8 Å². The second-order valence-corrected chi connectivity index (χ2v) is 6.04. The van der Waals surface area contributed by atoms with Crippen LogP contribution in [0.25, 0.3) is 11.5 Å². The van der Waals surface area contributed by atoms with E-state index in [0.29, 0.717) is 11.1 Å². The molecule has 0 N–H and O–H groups in total. The molecule has 1 aliphatic heterocycles. The number of hydrogen-bond donors (Lipinski definition) is 0. The van der Waals surface area contributed by atoms with Gasteiger partial charge >= 0.3 is 0 Å². The number of ether oxygens (including phenoxy) is 1. The molecule has 6 heteroatoms. The maximum atomic E-state index is 5.74. The lowest BCUT2D eigenvalue weighted by atomic mass is 10.1. The summed E-state index contributed by atoms with van der Waals surface area (Å²) in [5.41, 5.74) is 2.15. The molecule has 112 valence electrons. The van der Waals surface area contributed by atoms with Crippen molar-refractivity contribution in [2.75, 3.05) is 38.6 Å². The summed E-state index contributed by atoms with van der Waals surface area (Å²) in [4.78, 5) is 2.40. The topological polar surface area (TPSA) is 51.4 Å². The number of aromatic nitrogens is 2. The van der Waals surface area contributed by atoms with E-state index in [1.165, 1.54) is 0 Å². The van der Waals surface area contributed by atoms with E-state index in [0.717, 1.165) is 49.7 Å². The summed E-state index contributed by atoms with van der Waals surface area (Å²) in [7, 11) is 0. The molecule has 21 heavy (non-hydrogen) atoms. The highest BCUT2D eigenvalue weighted by Gasteiger charge is 2.13. The highest BCUT2D eigenvalue weighted by Crippen LogP contribution is 2.25. The summed E-state index contributed by atoms with van der Waals surface area (Å²) in [5.74, 6) is 1.55. The molecule has 1 saturated heterocycles. The summed E-state index contributed by atoms with van der Waals surface area (Å²) < 4.78 is 11.1. The molecule has 1 aromatic heterocycles. The third kappa shape index (κ3) is 3.84. The van der Waals surface area contributed by atoms with Crippen LogP contribution in [0.3, 0.4) is 0 Å². The van der Waals surface area contributed by atoms with Gasteiger partial charge in [0.05, 0.1) is 13.2 Å².